The fourth-order valence-electron chi connectivity index (χ4n) is 1.12. The molecule has 0 bridgehead atoms. The normalized spacial score (nSPS) is 12.4. The Morgan fingerprint density at radius 2 is 2.27 bits per heavy atom. The van der Waals surface area contributed by atoms with Crippen LogP contribution < -0.4 is 11.5 Å². The molecule has 0 fully saturated rings. The van der Waals surface area contributed by atoms with E-state index >= 15 is 0 Å². The predicted octanol–water partition coefficient (Wildman–Crippen LogP) is 1.76. The highest BCUT2D eigenvalue weighted by Gasteiger charge is 2.15. The largest absolute Gasteiger partial charge is 0.398 e. The molecule has 0 aliphatic heterocycles. The van der Waals surface area contributed by atoms with Crippen LogP contribution in [0.15, 0.2) is 23.1 Å². The molecule has 1 aromatic rings. The summed E-state index contributed by atoms with van der Waals surface area (Å²) in [6.07, 6.45) is 0.622. The van der Waals surface area contributed by atoms with Crippen LogP contribution in [0.2, 0.25) is 0 Å². The Balaban J connectivity index is 2.84. The zero-order valence-electron chi connectivity index (χ0n) is 8.37. The number of carbonyl (C=O) groups excluding carboxylic acids is 1. The van der Waals surface area contributed by atoms with E-state index in [9.17, 15) is 9.18 Å². The molecule has 0 aliphatic rings. The van der Waals surface area contributed by atoms with Crippen molar-refractivity contribution in [1.82, 2.24) is 0 Å². The number of nitrogen functional groups attached to an aromatic ring is 1. The highest BCUT2D eigenvalue weighted by atomic mass is 32.2. The van der Waals surface area contributed by atoms with Crippen molar-refractivity contribution in [2.45, 2.75) is 23.5 Å². The summed E-state index contributed by atoms with van der Waals surface area (Å²) in [5.74, 6) is -0.768. The first-order valence-electron chi connectivity index (χ1n) is 4.55. The quantitative estimate of drug-likeness (QED) is 0.609. The Labute approximate surface area is 92.0 Å². The molecule has 0 spiro atoms. The van der Waals surface area contributed by atoms with Crippen LogP contribution in [-0.4, -0.2) is 11.2 Å². The fraction of sp³-hybridized carbons (Fsp3) is 0.300. The van der Waals surface area contributed by atoms with Crippen LogP contribution in [0.25, 0.3) is 0 Å². The van der Waals surface area contributed by atoms with Gasteiger partial charge in [-0.05, 0) is 24.6 Å². The average Bonchev–Trinajstić information content (AvgIpc) is 2.16. The summed E-state index contributed by atoms with van der Waals surface area (Å²) in [7, 11) is 0. The van der Waals surface area contributed by atoms with Gasteiger partial charge in [-0.1, -0.05) is 6.92 Å². The monoisotopic (exact) mass is 228 g/mol. The molecule has 1 rings (SSSR count). The third kappa shape index (κ3) is 3.13. The molecule has 1 amide bonds. The Morgan fingerprint density at radius 1 is 1.60 bits per heavy atom. The Bertz CT molecular complexity index is 370. The van der Waals surface area contributed by atoms with Gasteiger partial charge < -0.3 is 11.5 Å². The minimum atomic E-state index is -0.385. The van der Waals surface area contributed by atoms with E-state index in [1.54, 1.807) is 6.07 Å². The number of nitrogens with two attached hydrogens (primary N) is 2. The number of carbonyl (C=O) groups is 1. The van der Waals surface area contributed by atoms with E-state index in [4.69, 9.17) is 11.5 Å². The lowest BCUT2D eigenvalue weighted by molar-refractivity contribution is -0.117. The van der Waals surface area contributed by atoms with Crippen molar-refractivity contribution in [1.29, 1.82) is 0 Å². The number of rotatable bonds is 4. The summed E-state index contributed by atoms with van der Waals surface area (Å²) < 4.78 is 12.7. The fourth-order valence-corrected chi connectivity index (χ4v) is 2.05. The van der Waals surface area contributed by atoms with Gasteiger partial charge in [-0.3, -0.25) is 4.79 Å². The van der Waals surface area contributed by atoms with E-state index in [1.165, 1.54) is 23.9 Å². The second-order valence-corrected chi connectivity index (χ2v) is 4.34. The summed E-state index contributed by atoms with van der Waals surface area (Å²) in [6.45, 7) is 1.86. The minimum Gasteiger partial charge on any atom is -0.398 e. The van der Waals surface area contributed by atoms with Gasteiger partial charge in [-0.25, -0.2) is 4.39 Å². The molecule has 0 saturated carbocycles. The van der Waals surface area contributed by atoms with Crippen LogP contribution in [0.4, 0.5) is 10.1 Å². The van der Waals surface area contributed by atoms with E-state index in [0.29, 0.717) is 17.0 Å². The number of primary amides is 1. The van der Waals surface area contributed by atoms with E-state index in [1.807, 2.05) is 6.92 Å². The number of hydrogen-bond donors (Lipinski definition) is 2. The van der Waals surface area contributed by atoms with Gasteiger partial charge in [0.25, 0.3) is 0 Å². The van der Waals surface area contributed by atoms with E-state index in [2.05, 4.69) is 0 Å². The standard InChI is InChI=1S/C10H13FN2OS/c1-2-8(10(13)14)15-9-4-3-6(11)5-7(9)12/h3-5,8H,2,12H2,1H3,(H2,13,14). The van der Waals surface area contributed by atoms with Gasteiger partial charge in [-0.2, -0.15) is 0 Å². The first-order chi connectivity index (χ1) is 7.04. The van der Waals surface area contributed by atoms with Crippen molar-refractivity contribution >= 4 is 23.4 Å². The molecule has 15 heavy (non-hydrogen) atoms. The van der Waals surface area contributed by atoms with Crippen molar-refractivity contribution in [2.24, 2.45) is 5.73 Å². The lowest BCUT2D eigenvalue weighted by atomic mass is 10.3. The van der Waals surface area contributed by atoms with Crippen molar-refractivity contribution < 1.29 is 9.18 Å². The third-order valence-electron chi connectivity index (χ3n) is 1.93. The summed E-state index contributed by atoms with van der Waals surface area (Å²) in [6, 6.07) is 4.10. The van der Waals surface area contributed by atoms with Gasteiger partial charge in [-0.15, -0.1) is 11.8 Å². The van der Waals surface area contributed by atoms with Gasteiger partial charge in [0.05, 0.1) is 5.25 Å². The molecule has 3 nitrogen and oxygen atoms in total. The predicted molar refractivity (Wildman–Crippen MR) is 59.9 cm³/mol. The van der Waals surface area contributed by atoms with Crippen molar-refractivity contribution in [3.05, 3.63) is 24.0 Å². The Hall–Kier alpha value is -1.23. The minimum absolute atomic E-state index is 0.322. The number of thioether (sulfide) groups is 1. The van der Waals surface area contributed by atoms with E-state index in [0.717, 1.165) is 0 Å². The van der Waals surface area contributed by atoms with Crippen LogP contribution in [0, 0.1) is 5.82 Å². The number of amides is 1. The molecule has 1 atom stereocenters. The smallest absolute Gasteiger partial charge is 0.230 e. The van der Waals surface area contributed by atoms with Gasteiger partial charge >= 0.3 is 0 Å². The molecule has 4 N–H and O–H groups in total. The topological polar surface area (TPSA) is 69.1 Å². The lowest BCUT2D eigenvalue weighted by Crippen LogP contribution is -2.24. The first kappa shape index (κ1) is 11.8. The van der Waals surface area contributed by atoms with Crippen molar-refractivity contribution in [3.8, 4) is 0 Å². The van der Waals surface area contributed by atoms with Gasteiger partial charge in [0.1, 0.15) is 5.82 Å². The van der Waals surface area contributed by atoms with Crippen molar-refractivity contribution in [2.75, 3.05) is 5.73 Å². The molecular formula is C10H13FN2OS. The van der Waals surface area contributed by atoms with E-state index in [-0.39, 0.29) is 17.0 Å². The number of benzene rings is 1. The highest BCUT2D eigenvalue weighted by molar-refractivity contribution is 8.00. The maximum absolute atomic E-state index is 12.7. The van der Waals surface area contributed by atoms with Crippen LogP contribution >= 0.6 is 11.8 Å². The molecule has 0 saturated heterocycles. The van der Waals surface area contributed by atoms with Crippen LogP contribution in [0.5, 0.6) is 0 Å². The Morgan fingerprint density at radius 3 is 2.73 bits per heavy atom. The average molecular weight is 228 g/mol. The highest BCUT2D eigenvalue weighted by Crippen LogP contribution is 2.30. The summed E-state index contributed by atoms with van der Waals surface area (Å²) in [5, 5.41) is -0.322. The zero-order valence-corrected chi connectivity index (χ0v) is 9.18. The molecular weight excluding hydrogens is 215 g/mol. The first-order valence-corrected chi connectivity index (χ1v) is 5.43. The zero-order chi connectivity index (χ0) is 11.4. The SMILES string of the molecule is CCC(Sc1ccc(F)cc1N)C(N)=O. The van der Waals surface area contributed by atoms with Crippen LogP contribution in [0.3, 0.4) is 0 Å². The lowest BCUT2D eigenvalue weighted by Gasteiger charge is -2.11. The molecule has 0 heterocycles. The number of anilines is 1. The summed E-state index contributed by atoms with van der Waals surface area (Å²) in [5.41, 5.74) is 11.1. The molecule has 82 valence electrons. The number of halogens is 1. The number of hydrogen-bond acceptors (Lipinski definition) is 3. The molecule has 1 aromatic carbocycles. The second kappa shape index (κ2) is 5.02. The summed E-state index contributed by atoms with van der Waals surface area (Å²) in [4.78, 5) is 11.7. The molecule has 0 radical (unpaired) electrons. The van der Waals surface area contributed by atoms with E-state index < -0.39 is 0 Å². The van der Waals surface area contributed by atoms with Gasteiger partial charge in [0.15, 0.2) is 0 Å². The summed E-state index contributed by atoms with van der Waals surface area (Å²) >= 11 is 1.27. The Kier molecular flexibility index (Phi) is 3.96. The second-order valence-electron chi connectivity index (χ2n) is 3.10. The third-order valence-corrected chi connectivity index (χ3v) is 3.41. The molecule has 0 aliphatic carbocycles. The van der Waals surface area contributed by atoms with Crippen LogP contribution in [-0.2, 0) is 4.79 Å². The van der Waals surface area contributed by atoms with Gasteiger partial charge in [0.2, 0.25) is 5.91 Å². The maximum atomic E-state index is 12.7. The molecule has 1 unspecified atom stereocenters. The maximum Gasteiger partial charge on any atom is 0.230 e. The molecule has 5 heteroatoms. The molecule has 0 aromatic heterocycles. The van der Waals surface area contributed by atoms with Crippen LogP contribution in [0.1, 0.15) is 13.3 Å². The van der Waals surface area contributed by atoms with Crippen molar-refractivity contribution in [3.63, 3.8) is 0 Å². The van der Waals surface area contributed by atoms with Gasteiger partial charge in [0, 0.05) is 10.6 Å².